The summed E-state index contributed by atoms with van der Waals surface area (Å²) in [7, 11) is 1.69. The van der Waals surface area contributed by atoms with Crippen molar-refractivity contribution < 1.29 is 14.3 Å². The van der Waals surface area contributed by atoms with E-state index in [-0.39, 0.29) is 19.1 Å². The summed E-state index contributed by atoms with van der Waals surface area (Å²) in [6.45, 7) is 0.142. The molecule has 0 aliphatic carbocycles. The van der Waals surface area contributed by atoms with E-state index in [1.165, 1.54) is 6.07 Å². The number of hydrogen-bond acceptors (Lipinski definition) is 3. The highest BCUT2D eigenvalue weighted by molar-refractivity contribution is 6.35. The maximum atomic E-state index is 12.1. The molecule has 2 aromatic rings. The molecule has 2 aromatic carbocycles. The fourth-order valence-electron chi connectivity index (χ4n) is 2.04. The Labute approximate surface area is 156 Å². The van der Waals surface area contributed by atoms with Crippen molar-refractivity contribution in [2.24, 2.45) is 0 Å². The Morgan fingerprint density at radius 2 is 1.84 bits per heavy atom. The van der Waals surface area contributed by atoms with Crippen LogP contribution in [0.5, 0.6) is 5.75 Å². The summed E-state index contributed by atoms with van der Waals surface area (Å²) in [6, 6.07) is 14.3. The maximum absolute atomic E-state index is 12.1. The molecule has 0 aromatic heterocycles. The van der Waals surface area contributed by atoms with Gasteiger partial charge in [-0.3, -0.25) is 9.59 Å². The summed E-state index contributed by atoms with van der Waals surface area (Å²) in [5.74, 6) is -0.247. The summed E-state index contributed by atoms with van der Waals surface area (Å²) in [5.41, 5.74) is 1.02. The van der Waals surface area contributed by atoms with Gasteiger partial charge in [-0.05, 0) is 23.8 Å². The Bertz CT molecular complexity index is 738. The van der Waals surface area contributed by atoms with E-state index in [9.17, 15) is 9.59 Å². The van der Waals surface area contributed by atoms with Crippen LogP contribution >= 0.6 is 23.2 Å². The fraction of sp³-hybridized carbons (Fsp3) is 0.222. The number of benzene rings is 2. The van der Waals surface area contributed by atoms with Crippen LogP contribution in [0, 0.1) is 0 Å². The molecular weight excluding hydrogens is 363 g/mol. The van der Waals surface area contributed by atoms with Crippen molar-refractivity contribution in [2.75, 3.05) is 20.2 Å². The van der Waals surface area contributed by atoms with Crippen LogP contribution in [0.15, 0.2) is 48.5 Å². The van der Waals surface area contributed by atoms with Crippen LogP contribution in [0.3, 0.4) is 0 Å². The van der Waals surface area contributed by atoms with Gasteiger partial charge in [0.2, 0.25) is 5.91 Å². The van der Waals surface area contributed by atoms with Gasteiger partial charge in [-0.2, -0.15) is 0 Å². The molecule has 0 saturated carbocycles. The molecule has 2 amide bonds. The van der Waals surface area contributed by atoms with Crippen LogP contribution < -0.4 is 10.1 Å². The smallest absolute Gasteiger partial charge is 0.258 e. The van der Waals surface area contributed by atoms with Crippen LogP contribution in [0.25, 0.3) is 0 Å². The minimum atomic E-state index is -0.410. The maximum Gasteiger partial charge on any atom is 0.258 e. The fourth-order valence-corrected chi connectivity index (χ4v) is 2.50. The van der Waals surface area contributed by atoms with Gasteiger partial charge < -0.3 is 15.0 Å². The van der Waals surface area contributed by atoms with Crippen molar-refractivity contribution in [1.29, 1.82) is 0 Å². The van der Waals surface area contributed by atoms with Gasteiger partial charge in [-0.1, -0.05) is 53.5 Å². The van der Waals surface area contributed by atoms with Gasteiger partial charge in [0.25, 0.3) is 5.91 Å². The predicted molar refractivity (Wildman–Crippen MR) is 97.9 cm³/mol. The zero-order valence-corrected chi connectivity index (χ0v) is 15.2. The molecule has 0 aliphatic rings. The highest BCUT2D eigenvalue weighted by Crippen LogP contribution is 2.27. The summed E-state index contributed by atoms with van der Waals surface area (Å²) in [4.78, 5) is 25.4. The lowest BCUT2D eigenvalue weighted by Crippen LogP contribution is -2.39. The Hall–Kier alpha value is -2.24. The molecule has 1 N–H and O–H groups in total. The van der Waals surface area contributed by atoms with Gasteiger partial charge >= 0.3 is 0 Å². The SMILES string of the molecule is CN(Cc1ccccc1)C(=O)CNC(=O)COc1ccc(Cl)cc1Cl. The van der Waals surface area contributed by atoms with Crippen molar-refractivity contribution in [3.05, 3.63) is 64.1 Å². The monoisotopic (exact) mass is 380 g/mol. The van der Waals surface area contributed by atoms with Gasteiger partial charge in [0.1, 0.15) is 5.75 Å². The first-order valence-corrected chi connectivity index (χ1v) is 8.33. The summed E-state index contributed by atoms with van der Waals surface area (Å²) < 4.78 is 5.31. The van der Waals surface area contributed by atoms with E-state index in [0.717, 1.165) is 5.56 Å². The Kier molecular flexibility index (Phi) is 7.10. The molecule has 0 bridgehead atoms. The number of ether oxygens (including phenoxy) is 1. The minimum absolute atomic E-state index is 0.0973. The second kappa shape index (κ2) is 9.30. The number of amides is 2. The highest BCUT2D eigenvalue weighted by Gasteiger charge is 2.12. The number of rotatable bonds is 7. The molecular formula is C18H18Cl2N2O3. The van der Waals surface area contributed by atoms with Crippen LogP contribution in [-0.2, 0) is 16.1 Å². The first-order chi connectivity index (χ1) is 12.0. The molecule has 0 heterocycles. The highest BCUT2D eigenvalue weighted by atomic mass is 35.5. The van der Waals surface area contributed by atoms with Crippen molar-refractivity contribution in [2.45, 2.75) is 6.54 Å². The van der Waals surface area contributed by atoms with Gasteiger partial charge in [0.05, 0.1) is 11.6 Å². The predicted octanol–water partition coefficient (Wildman–Crippen LogP) is 3.15. The third-order valence-electron chi connectivity index (χ3n) is 3.38. The lowest BCUT2D eigenvalue weighted by molar-refractivity contribution is -0.132. The summed E-state index contributed by atoms with van der Waals surface area (Å²) in [5, 5.41) is 3.32. The Balaban J connectivity index is 1.74. The molecule has 25 heavy (non-hydrogen) atoms. The molecule has 5 nitrogen and oxygen atoms in total. The number of halogens is 2. The third-order valence-corrected chi connectivity index (χ3v) is 3.91. The first-order valence-electron chi connectivity index (χ1n) is 7.58. The lowest BCUT2D eigenvalue weighted by atomic mass is 10.2. The lowest BCUT2D eigenvalue weighted by Gasteiger charge is -2.17. The number of hydrogen-bond donors (Lipinski definition) is 1. The largest absolute Gasteiger partial charge is 0.482 e. The van der Waals surface area contributed by atoms with Crippen molar-refractivity contribution in [1.82, 2.24) is 10.2 Å². The zero-order valence-electron chi connectivity index (χ0n) is 13.7. The number of nitrogens with zero attached hydrogens (tertiary/aromatic N) is 1. The molecule has 132 valence electrons. The minimum Gasteiger partial charge on any atom is -0.482 e. The van der Waals surface area contributed by atoms with E-state index in [1.54, 1.807) is 24.1 Å². The van der Waals surface area contributed by atoms with Crippen molar-refractivity contribution >= 4 is 35.0 Å². The molecule has 2 rings (SSSR count). The molecule has 0 spiro atoms. The van der Waals surface area contributed by atoms with Crippen LogP contribution in [0.4, 0.5) is 0 Å². The van der Waals surface area contributed by atoms with Crippen LogP contribution in [0.1, 0.15) is 5.56 Å². The van der Waals surface area contributed by atoms with Crippen molar-refractivity contribution in [3.8, 4) is 5.75 Å². The molecule has 0 atom stereocenters. The van der Waals surface area contributed by atoms with E-state index in [2.05, 4.69) is 5.32 Å². The Morgan fingerprint density at radius 3 is 2.52 bits per heavy atom. The van der Waals surface area contributed by atoms with Gasteiger partial charge in [-0.15, -0.1) is 0 Å². The van der Waals surface area contributed by atoms with E-state index >= 15 is 0 Å². The number of likely N-dealkylation sites (N-methyl/N-ethyl adjacent to an activating group) is 1. The van der Waals surface area contributed by atoms with E-state index < -0.39 is 5.91 Å². The second-order valence-corrected chi connectivity index (χ2v) is 6.22. The van der Waals surface area contributed by atoms with Gasteiger partial charge in [0, 0.05) is 18.6 Å². The van der Waals surface area contributed by atoms with E-state index in [0.29, 0.717) is 22.3 Å². The quantitative estimate of drug-likeness (QED) is 0.802. The molecule has 0 radical (unpaired) electrons. The third kappa shape index (κ3) is 6.29. The second-order valence-electron chi connectivity index (χ2n) is 5.38. The van der Waals surface area contributed by atoms with Crippen LogP contribution in [-0.4, -0.2) is 36.9 Å². The van der Waals surface area contributed by atoms with Gasteiger partial charge in [0.15, 0.2) is 6.61 Å². The molecule has 0 aliphatic heterocycles. The van der Waals surface area contributed by atoms with E-state index in [4.69, 9.17) is 27.9 Å². The normalized spacial score (nSPS) is 10.2. The van der Waals surface area contributed by atoms with E-state index in [1.807, 2.05) is 30.3 Å². The first kappa shape index (κ1) is 19.1. The molecule has 0 unspecified atom stereocenters. The number of carbonyl (C=O) groups is 2. The molecule has 0 saturated heterocycles. The number of nitrogens with one attached hydrogen (secondary N) is 1. The summed E-state index contributed by atoms with van der Waals surface area (Å²) in [6.07, 6.45) is 0. The Morgan fingerprint density at radius 1 is 1.12 bits per heavy atom. The zero-order chi connectivity index (χ0) is 18.2. The standard InChI is InChI=1S/C18H18Cl2N2O3/c1-22(11-13-5-3-2-4-6-13)18(24)10-21-17(23)12-25-16-8-7-14(19)9-15(16)20/h2-9H,10-12H2,1H3,(H,21,23). The number of carbonyl (C=O) groups excluding carboxylic acids is 2. The van der Waals surface area contributed by atoms with Crippen LogP contribution in [0.2, 0.25) is 10.0 Å². The summed E-state index contributed by atoms with van der Waals surface area (Å²) >= 11 is 11.7. The topological polar surface area (TPSA) is 58.6 Å². The molecule has 7 heteroatoms. The molecule has 0 fully saturated rings. The average Bonchev–Trinajstić information content (AvgIpc) is 2.59. The average molecular weight is 381 g/mol. The van der Waals surface area contributed by atoms with Crippen molar-refractivity contribution in [3.63, 3.8) is 0 Å². The van der Waals surface area contributed by atoms with Gasteiger partial charge in [-0.25, -0.2) is 0 Å².